The van der Waals surface area contributed by atoms with Gasteiger partial charge < -0.3 is 5.32 Å². The summed E-state index contributed by atoms with van der Waals surface area (Å²) >= 11 is 0. The van der Waals surface area contributed by atoms with E-state index >= 15 is 0 Å². The minimum absolute atomic E-state index is 0.703. The second kappa shape index (κ2) is 6.02. The first-order valence-corrected chi connectivity index (χ1v) is 4.20. The van der Waals surface area contributed by atoms with E-state index in [1.54, 1.807) is 0 Å². The maximum atomic E-state index is 3.69. The summed E-state index contributed by atoms with van der Waals surface area (Å²) < 4.78 is 0. The van der Waals surface area contributed by atoms with Crippen LogP contribution in [0.5, 0.6) is 0 Å². The van der Waals surface area contributed by atoms with Crippen molar-refractivity contribution in [3.63, 3.8) is 0 Å². The standard InChI is InChI=1S/C10H19N/c1-5-7-10(6-2)11-8-9(3)4/h5-6,9,11H,1,7-8H2,2-4H3/b10-6+. The van der Waals surface area contributed by atoms with E-state index in [1.165, 1.54) is 5.70 Å². The van der Waals surface area contributed by atoms with Crippen LogP contribution in [0.3, 0.4) is 0 Å². The average Bonchev–Trinajstić information content (AvgIpc) is 1.97. The zero-order chi connectivity index (χ0) is 8.69. The lowest BCUT2D eigenvalue weighted by atomic mass is 10.2. The third kappa shape index (κ3) is 5.71. The van der Waals surface area contributed by atoms with E-state index in [2.05, 4.69) is 31.8 Å². The molecule has 0 saturated heterocycles. The van der Waals surface area contributed by atoms with Gasteiger partial charge in [-0.2, -0.15) is 0 Å². The summed E-state index contributed by atoms with van der Waals surface area (Å²) in [5.74, 6) is 0.703. The van der Waals surface area contributed by atoms with Crippen LogP contribution < -0.4 is 5.32 Å². The second-order valence-corrected chi connectivity index (χ2v) is 3.08. The SMILES string of the molecule is C=CC/C(=C\C)NCC(C)C. The third-order valence-electron chi connectivity index (χ3n) is 1.45. The molecule has 0 saturated carbocycles. The molecule has 1 heteroatoms. The largest absolute Gasteiger partial charge is 0.388 e. The Balaban J connectivity index is 3.62. The Hall–Kier alpha value is -0.720. The summed E-state index contributed by atoms with van der Waals surface area (Å²) in [5, 5.41) is 3.36. The monoisotopic (exact) mass is 153 g/mol. The van der Waals surface area contributed by atoms with Crippen molar-refractivity contribution in [1.29, 1.82) is 0 Å². The maximum Gasteiger partial charge on any atom is 0.0167 e. The molecule has 0 bridgehead atoms. The highest BCUT2D eigenvalue weighted by Crippen LogP contribution is 1.98. The fraction of sp³-hybridized carbons (Fsp3) is 0.600. The van der Waals surface area contributed by atoms with Gasteiger partial charge in [-0.1, -0.05) is 26.0 Å². The molecule has 64 valence electrons. The highest BCUT2D eigenvalue weighted by molar-refractivity contribution is 5.02. The molecule has 0 aromatic rings. The molecule has 0 radical (unpaired) electrons. The number of hydrogen-bond acceptors (Lipinski definition) is 1. The van der Waals surface area contributed by atoms with Gasteiger partial charge in [0.1, 0.15) is 0 Å². The molecule has 0 spiro atoms. The highest BCUT2D eigenvalue weighted by atomic mass is 14.9. The lowest BCUT2D eigenvalue weighted by Crippen LogP contribution is -2.18. The van der Waals surface area contributed by atoms with Crippen molar-refractivity contribution in [2.45, 2.75) is 27.2 Å². The molecule has 1 N–H and O–H groups in total. The highest BCUT2D eigenvalue weighted by Gasteiger charge is 1.94. The molecular formula is C10H19N. The van der Waals surface area contributed by atoms with Crippen molar-refractivity contribution in [3.8, 4) is 0 Å². The van der Waals surface area contributed by atoms with Crippen LogP contribution in [-0.4, -0.2) is 6.54 Å². The van der Waals surface area contributed by atoms with E-state index in [4.69, 9.17) is 0 Å². The summed E-state index contributed by atoms with van der Waals surface area (Å²) in [5.41, 5.74) is 1.27. The molecule has 0 fully saturated rings. The van der Waals surface area contributed by atoms with E-state index in [0.29, 0.717) is 5.92 Å². The lowest BCUT2D eigenvalue weighted by Gasteiger charge is -2.10. The Morgan fingerprint density at radius 1 is 1.55 bits per heavy atom. The Labute approximate surface area is 70.2 Å². The number of allylic oxidation sites excluding steroid dienone is 2. The summed E-state index contributed by atoms with van der Waals surface area (Å²) in [6.45, 7) is 11.2. The summed E-state index contributed by atoms with van der Waals surface area (Å²) in [6.07, 6.45) is 4.97. The quantitative estimate of drug-likeness (QED) is 0.599. The van der Waals surface area contributed by atoms with Gasteiger partial charge >= 0.3 is 0 Å². The molecule has 0 aliphatic carbocycles. The van der Waals surface area contributed by atoms with Crippen LogP contribution in [0.25, 0.3) is 0 Å². The molecule has 11 heavy (non-hydrogen) atoms. The first kappa shape index (κ1) is 10.3. The van der Waals surface area contributed by atoms with Gasteiger partial charge in [-0.3, -0.25) is 0 Å². The van der Waals surface area contributed by atoms with Crippen LogP contribution in [0.4, 0.5) is 0 Å². The van der Waals surface area contributed by atoms with E-state index < -0.39 is 0 Å². The van der Waals surface area contributed by atoms with Crippen LogP contribution in [-0.2, 0) is 0 Å². The van der Waals surface area contributed by atoms with Crippen molar-refractivity contribution in [3.05, 3.63) is 24.4 Å². The predicted molar refractivity (Wildman–Crippen MR) is 51.4 cm³/mol. The van der Waals surface area contributed by atoms with Gasteiger partial charge in [-0.25, -0.2) is 0 Å². The van der Waals surface area contributed by atoms with E-state index in [1.807, 2.05) is 13.0 Å². The van der Waals surface area contributed by atoms with Crippen molar-refractivity contribution in [1.82, 2.24) is 5.32 Å². The zero-order valence-corrected chi connectivity index (χ0v) is 7.85. The van der Waals surface area contributed by atoms with Crippen LogP contribution in [0, 0.1) is 5.92 Å². The smallest absolute Gasteiger partial charge is 0.0167 e. The molecule has 0 aromatic heterocycles. The van der Waals surface area contributed by atoms with Gasteiger partial charge in [0, 0.05) is 18.7 Å². The molecule has 0 aromatic carbocycles. The van der Waals surface area contributed by atoms with Crippen LogP contribution in [0.15, 0.2) is 24.4 Å². The van der Waals surface area contributed by atoms with Crippen molar-refractivity contribution >= 4 is 0 Å². The first-order valence-electron chi connectivity index (χ1n) is 4.20. The molecule has 0 rings (SSSR count). The molecule has 0 aliphatic rings. The van der Waals surface area contributed by atoms with Gasteiger partial charge in [0.2, 0.25) is 0 Å². The van der Waals surface area contributed by atoms with Gasteiger partial charge in [0.05, 0.1) is 0 Å². The fourth-order valence-electron chi connectivity index (χ4n) is 0.783. The maximum absolute atomic E-state index is 3.69. The molecule has 0 atom stereocenters. The van der Waals surface area contributed by atoms with Crippen molar-refractivity contribution < 1.29 is 0 Å². The Kier molecular flexibility index (Phi) is 5.63. The van der Waals surface area contributed by atoms with Gasteiger partial charge in [-0.05, 0) is 12.8 Å². The molecular weight excluding hydrogens is 134 g/mol. The topological polar surface area (TPSA) is 12.0 Å². The van der Waals surface area contributed by atoms with Crippen molar-refractivity contribution in [2.24, 2.45) is 5.92 Å². The summed E-state index contributed by atoms with van der Waals surface area (Å²) in [4.78, 5) is 0. The van der Waals surface area contributed by atoms with E-state index in [-0.39, 0.29) is 0 Å². The van der Waals surface area contributed by atoms with Crippen LogP contribution in [0.2, 0.25) is 0 Å². The van der Waals surface area contributed by atoms with Gasteiger partial charge in [0.25, 0.3) is 0 Å². The number of nitrogens with one attached hydrogen (secondary N) is 1. The second-order valence-electron chi connectivity index (χ2n) is 3.08. The normalized spacial score (nSPS) is 11.8. The van der Waals surface area contributed by atoms with E-state index in [9.17, 15) is 0 Å². The minimum atomic E-state index is 0.703. The molecule has 0 heterocycles. The minimum Gasteiger partial charge on any atom is -0.388 e. The van der Waals surface area contributed by atoms with Crippen LogP contribution in [0.1, 0.15) is 27.2 Å². The first-order chi connectivity index (χ1) is 5.20. The average molecular weight is 153 g/mol. The predicted octanol–water partition coefficient (Wildman–Crippen LogP) is 2.71. The van der Waals surface area contributed by atoms with E-state index in [0.717, 1.165) is 13.0 Å². The molecule has 0 unspecified atom stereocenters. The molecule has 0 amide bonds. The fourth-order valence-corrected chi connectivity index (χ4v) is 0.783. The lowest BCUT2D eigenvalue weighted by molar-refractivity contribution is 0.591. The summed E-state index contributed by atoms with van der Waals surface area (Å²) in [7, 11) is 0. The molecule has 0 aliphatic heterocycles. The van der Waals surface area contributed by atoms with Crippen molar-refractivity contribution in [2.75, 3.05) is 6.54 Å². The van der Waals surface area contributed by atoms with Gasteiger partial charge in [-0.15, -0.1) is 6.58 Å². The Bertz CT molecular complexity index is 134. The number of hydrogen-bond donors (Lipinski definition) is 1. The zero-order valence-electron chi connectivity index (χ0n) is 7.85. The third-order valence-corrected chi connectivity index (χ3v) is 1.45. The number of rotatable bonds is 5. The summed E-state index contributed by atoms with van der Waals surface area (Å²) in [6, 6.07) is 0. The Morgan fingerprint density at radius 3 is 2.55 bits per heavy atom. The van der Waals surface area contributed by atoms with Gasteiger partial charge in [0.15, 0.2) is 0 Å². The molecule has 1 nitrogen and oxygen atoms in total. The van der Waals surface area contributed by atoms with Crippen LogP contribution >= 0.6 is 0 Å². The Morgan fingerprint density at radius 2 is 2.18 bits per heavy atom.